The van der Waals surface area contributed by atoms with E-state index in [0.717, 1.165) is 24.2 Å². The van der Waals surface area contributed by atoms with Gasteiger partial charge >= 0.3 is 0 Å². The summed E-state index contributed by atoms with van der Waals surface area (Å²) in [6, 6.07) is 14.9. The van der Waals surface area contributed by atoms with E-state index < -0.39 is 45.8 Å². The fourth-order valence-electron chi connectivity index (χ4n) is 5.88. The largest absolute Gasteiger partial charge is 0.598 e. The Kier molecular flexibility index (Phi) is 12.8. The molecule has 14 heteroatoms. The van der Waals surface area contributed by atoms with E-state index in [0.29, 0.717) is 34.6 Å². The normalized spacial score (nSPS) is 18.4. The van der Waals surface area contributed by atoms with Gasteiger partial charge in [0.05, 0.1) is 46.8 Å². The lowest BCUT2D eigenvalue weighted by atomic mass is 9.76. The summed E-state index contributed by atoms with van der Waals surface area (Å²) in [4.78, 5) is 10.0. The predicted octanol–water partition coefficient (Wildman–Crippen LogP) is 10.5. The molecular formula is C41H61F2N5O4SSi2. The first-order valence-electron chi connectivity index (χ1n) is 19.2. The van der Waals surface area contributed by atoms with Crippen LogP contribution < -0.4 is 9.46 Å². The van der Waals surface area contributed by atoms with E-state index in [4.69, 9.17) is 23.6 Å². The number of pyridine rings is 2. The van der Waals surface area contributed by atoms with Crippen LogP contribution in [0.2, 0.25) is 36.3 Å². The third-order valence-electron chi connectivity index (χ3n) is 11.5. The van der Waals surface area contributed by atoms with Crippen molar-refractivity contribution in [3.8, 4) is 22.8 Å². The summed E-state index contributed by atoms with van der Waals surface area (Å²) in [5.74, 6) is 1.01. The lowest BCUT2D eigenvalue weighted by molar-refractivity contribution is 0.0365. The van der Waals surface area contributed by atoms with Gasteiger partial charge in [0.25, 0.3) is 6.43 Å². The van der Waals surface area contributed by atoms with Crippen molar-refractivity contribution in [3.63, 3.8) is 0 Å². The van der Waals surface area contributed by atoms with E-state index in [1.54, 1.807) is 16.9 Å². The third kappa shape index (κ3) is 10.2. The highest BCUT2D eigenvalue weighted by molar-refractivity contribution is 7.90. The van der Waals surface area contributed by atoms with Gasteiger partial charge in [-0.15, -0.1) is 4.72 Å². The van der Waals surface area contributed by atoms with Crippen molar-refractivity contribution in [1.82, 2.24) is 24.5 Å². The number of hydrogen-bond acceptors (Lipinski definition) is 8. The number of fused-ring (bicyclic) bond motifs is 1. The topological polar surface area (TPSA) is 106 Å². The zero-order valence-electron chi connectivity index (χ0n) is 34.9. The first-order valence-corrected chi connectivity index (χ1v) is 26.2. The third-order valence-corrected chi connectivity index (χ3v) is 22.1. The molecule has 55 heavy (non-hydrogen) atoms. The molecule has 0 aliphatic heterocycles. The van der Waals surface area contributed by atoms with Gasteiger partial charge in [-0.1, -0.05) is 53.7 Å². The van der Waals surface area contributed by atoms with E-state index in [1.165, 1.54) is 0 Å². The van der Waals surface area contributed by atoms with Crippen molar-refractivity contribution >= 4 is 38.9 Å². The van der Waals surface area contributed by atoms with Gasteiger partial charge in [0.2, 0.25) is 0 Å². The van der Waals surface area contributed by atoms with E-state index >= 15 is 0 Å². The average molecular weight is 814 g/mol. The molecule has 1 unspecified atom stereocenters. The Morgan fingerprint density at radius 1 is 0.909 bits per heavy atom. The summed E-state index contributed by atoms with van der Waals surface area (Å²) in [6.07, 6.45) is 0.772. The molecule has 1 saturated carbocycles. The first kappa shape index (κ1) is 43.4. The smallest absolute Gasteiger partial charge is 0.272 e. The van der Waals surface area contributed by atoms with Crippen molar-refractivity contribution in [2.75, 3.05) is 6.61 Å². The molecule has 1 N–H and O–H groups in total. The van der Waals surface area contributed by atoms with Gasteiger partial charge in [0.1, 0.15) is 17.1 Å². The van der Waals surface area contributed by atoms with Crippen LogP contribution in [0.5, 0.6) is 5.75 Å². The Bertz CT molecular complexity index is 1930. The van der Waals surface area contributed by atoms with E-state index in [9.17, 15) is 13.3 Å². The molecule has 9 nitrogen and oxygen atoms in total. The number of nitrogens with one attached hydrogen (secondary N) is 1. The molecule has 4 aromatic rings. The molecule has 0 saturated heterocycles. The lowest BCUT2D eigenvalue weighted by Gasteiger charge is -2.46. The van der Waals surface area contributed by atoms with Crippen LogP contribution in [0.15, 0.2) is 54.7 Å². The SMILES string of the molecule is CC(C)(C)[S@@+]([O-])NC(c1cccc(-c2cc(OCC(F)F)c3cnn(-c4cccc(CO[Si](C)(C)C(C)(C)C)n4)c3c2)n1)C1CC(O[Si](C)(C)C(C)(C)C)C1. The molecule has 0 spiro atoms. The van der Waals surface area contributed by atoms with Gasteiger partial charge in [0, 0.05) is 23.0 Å². The molecule has 2 atom stereocenters. The minimum atomic E-state index is -2.66. The summed E-state index contributed by atoms with van der Waals surface area (Å²) in [6.45, 7) is 27.8. The Morgan fingerprint density at radius 3 is 2.18 bits per heavy atom. The highest BCUT2D eigenvalue weighted by atomic mass is 32.2. The van der Waals surface area contributed by atoms with Crippen LogP contribution in [0.25, 0.3) is 28.0 Å². The number of alkyl halides is 2. The van der Waals surface area contributed by atoms with Crippen LogP contribution in [0, 0.1) is 5.92 Å². The molecule has 0 amide bonds. The standard InChI is InChI=1S/C41H61F2N5O4SSi2/c1-39(2,3)53(49)47-38(28-20-30(21-28)52-55(12,13)41(7,8)9)33-18-15-17-32(46-33)27-22-34-31(35(23-27)50-26-36(42)43)24-44-48(34)37-19-14-16-29(45-37)25-51-54(10,11)40(4,5)6/h14-19,22-24,28,30,36,38,47H,20-21,25-26H2,1-13H3/t28?,30?,38?,53-/m1/s1. The first-order chi connectivity index (χ1) is 25.4. The maximum Gasteiger partial charge on any atom is 0.272 e. The van der Waals surface area contributed by atoms with Gasteiger partial charge in [-0.3, -0.25) is 4.98 Å². The second kappa shape index (κ2) is 16.3. The Morgan fingerprint density at radius 2 is 1.56 bits per heavy atom. The van der Waals surface area contributed by atoms with Crippen LogP contribution in [0.3, 0.4) is 0 Å². The second-order valence-electron chi connectivity index (χ2n) is 18.9. The van der Waals surface area contributed by atoms with Gasteiger partial charge in [-0.2, -0.15) is 5.10 Å². The van der Waals surface area contributed by atoms with Crippen molar-refractivity contribution in [2.45, 2.75) is 141 Å². The molecule has 302 valence electrons. The van der Waals surface area contributed by atoms with Crippen LogP contribution in [0.4, 0.5) is 8.78 Å². The van der Waals surface area contributed by atoms with Gasteiger partial charge in [-0.05, 0) is 112 Å². The Hall–Kier alpha value is -2.73. The number of hydrogen-bond donors (Lipinski definition) is 1. The lowest BCUT2D eigenvalue weighted by Crippen LogP contribution is -2.51. The monoisotopic (exact) mass is 813 g/mol. The fourth-order valence-corrected chi connectivity index (χ4v) is 9.10. The molecular weight excluding hydrogens is 753 g/mol. The van der Waals surface area contributed by atoms with Gasteiger partial charge in [-0.25, -0.2) is 18.4 Å². The summed E-state index contributed by atoms with van der Waals surface area (Å²) in [7, 11) is -3.97. The minimum absolute atomic E-state index is 0.0539. The molecule has 3 aromatic heterocycles. The van der Waals surface area contributed by atoms with Crippen LogP contribution in [0.1, 0.15) is 92.6 Å². The van der Waals surface area contributed by atoms with Crippen molar-refractivity contribution in [1.29, 1.82) is 0 Å². The number of ether oxygens (including phenoxy) is 1. The fraction of sp³-hybridized carbons (Fsp3) is 0.585. The van der Waals surface area contributed by atoms with Crippen LogP contribution >= 0.6 is 0 Å². The number of aromatic nitrogens is 4. The number of benzene rings is 1. The molecule has 0 bridgehead atoms. The van der Waals surface area contributed by atoms with Gasteiger partial charge in [0.15, 0.2) is 22.5 Å². The molecule has 1 aliphatic carbocycles. The highest BCUT2D eigenvalue weighted by Crippen LogP contribution is 2.46. The van der Waals surface area contributed by atoms with Crippen LogP contribution in [-0.4, -0.2) is 64.8 Å². The average Bonchev–Trinajstić information content (AvgIpc) is 3.50. The maximum absolute atomic E-state index is 13.6. The highest BCUT2D eigenvalue weighted by Gasteiger charge is 2.46. The predicted molar refractivity (Wildman–Crippen MR) is 224 cm³/mol. The zero-order valence-corrected chi connectivity index (χ0v) is 37.7. The summed E-state index contributed by atoms with van der Waals surface area (Å²) in [5, 5.41) is 5.38. The molecule has 1 fully saturated rings. The summed E-state index contributed by atoms with van der Waals surface area (Å²) < 4.78 is 64.1. The maximum atomic E-state index is 13.6. The molecule has 0 radical (unpaired) electrons. The van der Waals surface area contributed by atoms with Gasteiger partial charge < -0.3 is 18.1 Å². The van der Waals surface area contributed by atoms with E-state index in [2.05, 4.69) is 77.6 Å². The molecule has 1 aliphatic rings. The summed E-state index contributed by atoms with van der Waals surface area (Å²) in [5.41, 5.74) is 3.45. The minimum Gasteiger partial charge on any atom is -0.598 e. The second-order valence-corrected chi connectivity index (χ2v) is 30.4. The quantitative estimate of drug-likeness (QED) is 0.0991. The number of halogens is 2. The van der Waals surface area contributed by atoms with E-state index in [-0.39, 0.29) is 33.9 Å². The molecule has 1 aromatic carbocycles. The number of nitrogens with zero attached hydrogens (tertiary/aromatic N) is 4. The van der Waals surface area contributed by atoms with Crippen LogP contribution in [-0.2, 0) is 26.8 Å². The molecule has 3 heterocycles. The Labute approximate surface area is 331 Å². The van der Waals surface area contributed by atoms with Crippen molar-refractivity contribution < 1.29 is 26.9 Å². The number of rotatable bonds is 14. The summed E-state index contributed by atoms with van der Waals surface area (Å²) >= 11 is -1.35. The van der Waals surface area contributed by atoms with E-state index in [1.807, 2.05) is 63.2 Å². The zero-order chi connectivity index (χ0) is 40.7. The Balaban J connectivity index is 1.51. The van der Waals surface area contributed by atoms with Crippen molar-refractivity contribution in [2.24, 2.45) is 5.92 Å². The van der Waals surface area contributed by atoms with Crippen molar-refractivity contribution in [3.05, 3.63) is 66.1 Å². The molecule has 5 rings (SSSR count).